The molecule has 1 heterocycles. The van der Waals surface area contributed by atoms with E-state index in [0.29, 0.717) is 51.8 Å². The fourth-order valence-corrected chi connectivity index (χ4v) is 3.60. The topological polar surface area (TPSA) is 82.5 Å². The van der Waals surface area contributed by atoms with Gasteiger partial charge in [-0.05, 0) is 50.2 Å². The number of nitrogens with zero attached hydrogens (tertiary/aromatic N) is 2. The number of hydrogen-bond acceptors (Lipinski definition) is 5. The van der Waals surface area contributed by atoms with Gasteiger partial charge in [0.1, 0.15) is 17.3 Å². The predicted octanol–water partition coefficient (Wildman–Crippen LogP) is 4.35. The van der Waals surface area contributed by atoms with Crippen molar-refractivity contribution >= 4 is 22.5 Å². The maximum absolute atomic E-state index is 13.1. The molecule has 3 aromatic carbocycles. The van der Waals surface area contributed by atoms with E-state index in [4.69, 9.17) is 9.47 Å². The number of carbonyl (C=O) groups excluding carboxylic acids is 1. The van der Waals surface area contributed by atoms with E-state index in [9.17, 15) is 9.59 Å². The normalized spacial score (nSPS) is 10.7. The minimum absolute atomic E-state index is 0.169. The molecule has 0 fully saturated rings. The van der Waals surface area contributed by atoms with Gasteiger partial charge in [-0.15, -0.1) is 0 Å². The molecule has 4 aromatic rings. The van der Waals surface area contributed by atoms with Crippen LogP contribution in [0.5, 0.6) is 11.5 Å². The number of benzene rings is 3. The van der Waals surface area contributed by atoms with Gasteiger partial charge in [-0.3, -0.25) is 14.2 Å². The van der Waals surface area contributed by atoms with E-state index in [1.54, 1.807) is 49.4 Å². The number of anilines is 1. The number of aromatic nitrogens is 2. The summed E-state index contributed by atoms with van der Waals surface area (Å²) in [6.45, 7) is 4.10. The molecule has 1 amide bonds. The molecule has 0 spiro atoms. The van der Waals surface area contributed by atoms with Gasteiger partial charge in [0.05, 0.1) is 41.6 Å². The summed E-state index contributed by atoms with van der Waals surface area (Å²) in [5.74, 6) is 1.16. The van der Waals surface area contributed by atoms with Crippen LogP contribution < -0.4 is 20.3 Å². The summed E-state index contributed by atoms with van der Waals surface area (Å²) in [6, 6.07) is 19.4. The first-order chi connectivity index (χ1) is 15.5. The highest BCUT2D eigenvalue weighted by molar-refractivity contribution is 6.07. The monoisotopic (exact) mass is 429 g/mol. The van der Waals surface area contributed by atoms with Crippen LogP contribution in [-0.4, -0.2) is 29.2 Å². The third kappa shape index (κ3) is 3.92. The highest BCUT2D eigenvalue weighted by atomic mass is 16.5. The minimum Gasteiger partial charge on any atom is -0.494 e. The Labute approximate surface area is 185 Å². The van der Waals surface area contributed by atoms with Crippen LogP contribution in [0.3, 0.4) is 0 Å². The summed E-state index contributed by atoms with van der Waals surface area (Å²) < 4.78 is 12.6. The van der Waals surface area contributed by atoms with Crippen molar-refractivity contribution in [3.05, 3.63) is 88.5 Å². The molecule has 1 N–H and O–H groups in total. The molecule has 0 unspecified atom stereocenters. The van der Waals surface area contributed by atoms with Gasteiger partial charge in [-0.1, -0.05) is 24.3 Å². The highest BCUT2D eigenvalue weighted by Crippen LogP contribution is 2.29. The number of amides is 1. The van der Waals surface area contributed by atoms with Gasteiger partial charge in [0.25, 0.3) is 11.5 Å². The number of aryl methyl sites for hydroxylation is 1. The van der Waals surface area contributed by atoms with E-state index >= 15 is 0 Å². The largest absolute Gasteiger partial charge is 0.494 e. The molecule has 0 aliphatic heterocycles. The standard InChI is InChI=1S/C25H23N3O4/c1-4-32-22-12-8-6-10-19(22)24(29)27-21-14-13-17(15-23(21)31-3)28-16(2)26-20-11-7-5-9-18(20)25(28)30/h5-15H,4H2,1-3H3,(H,27,29). The van der Waals surface area contributed by atoms with Gasteiger partial charge < -0.3 is 14.8 Å². The number of rotatable bonds is 6. The molecule has 4 rings (SSSR count). The zero-order valence-electron chi connectivity index (χ0n) is 18.1. The Hall–Kier alpha value is -4.13. The Bertz CT molecular complexity index is 1360. The van der Waals surface area contributed by atoms with Crippen LogP contribution in [0, 0.1) is 6.92 Å². The van der Waals surface area contributed by atoms with Crippen molar-refractivity contribution in [1.29, 1.82) is 0 Å². The molecule has 7 heteroatoms. The Morgan fingerprint density at radius 3 is 2.56 bits per heavy atom. The number of carbonyl (C=O) groups is 1. The van der Waals surface area contributed by atoms with E-state index in [1.807, 2.05) is 31.2 Å². The molecular weight excluding hydrogens is 406 g/mol. The Morgan fingerprint density at radius 2 is 1.78 bits per heavy atom. The van der Waals surface area contributed by atoms with Gasteiger partial charge in [-0.25, -0.2) is 4.98 Å². The number of hydrogen-bond donors (Lipinski definition) is 1. The zero-order chi connectivity index (χ0) is 22.7. The Balaban J connectivity index is 1.71. The second-order valence-corrected chi connectivity index (χ2v) is 7.08. The fraction of sp³-hybridized carbons (Fsp3) is 0.160. The van der Waals surface area contributed by atoms with Crippen LogP contribution in [0.25, 0.3) is 16.6 Å². The number of nitrogens with one attached hydrogen (secondary N) is 1. The number of methoxy groups -OCH3 is 1. The zero-order valence-corrected chi connectivity index (χ0v) is 18.1. The lowest BCUT2D eigenvalue weighted by molar-refractivity contribution is 0.102. The van der Waals surface area contributed by atoms with Gasteiger partial charge >= 0.3 is 0 Å². The van der Waals surface area contributed by atoms with Crippen LogP contribution >= 0.6 is 0 Å². The van der Waals surface area contributed by atoms with Crippen molar-refractivity contribution in [2.75, 3.05) is 19.0 Å². The van der Waals surface area contributed by atoms with Crippen molar-refractivity contribution < 1.29 is 14.3 Å². The molecule has 0 aliphatic rings. The van der Waals surface area contributed by atoms with E-state index in [2.05, 4.69) is 10.3 Å². The van der Waals surface area contributed by atoms with Crippen molar-refractivity contribution in [3.8, 4) is 17.2 Å². The quantitative estimate of drug-likeness (QED) is 0.493. The first kappa shape index (κ1) is 21.1. The first-order valence-corrected chi connectivity index (χ1v) is 10.2. The summed E-state index contributed by atoms with van der Waals surface area (Å²) in [5.41, 5.74) is 1.97. The summed E-state index contributed by atoms with van der Waals surface area (Å²) in [4.78, 5) is 30.5. The molecule has 0 bridgehead atoms. The molecule has 0 radical (unpaired) electrons. The van der Waals surface area contributed by atoms with E-state index in [0.717, 1.165) is 0 Å². The van der Waals surface area contributed by atoms with Gasteiger partial charge in [0.15, 0.2) is 0 Å². The van der Waals surface area contributed by atoms with E-state index < -0.39 is 0 Å². The molecule has 0 saturated heterocycles. The molecule has 7 nitrogen and oxygen atoms in total. The third-order valence-electron chi connectivity index (χ3n) is 5.07. The van der Waals surface area contributed by atoms with Crippen LogP contribution in [0.4, 0.5) is 5.69 Å². The second kappa shape index (κ2) is 8.93. The molecule has 0 atom stereocenters. The lowest BCUT2D eigenvalue weighted by atomic mass is 10.1. The number of ether oxygens (including phenoxy) is 2. The fourth-order valence-electron chi connectivity index (χ4n) is 3.60. The van der Waals surface area contributed by atoms with Crippen molar-refractivity contribution in [2.45, 2.75) is 13.8 Å². The Morgan fingerprint density at radius 1 is 1.03 bits per heavy atom. The lowest BCUT2D eigenvalue weighted by Crippen LogP contribution is -2.22. The maximum atomic E-state index is 13.1. The predicted molar refractivity (Wildman–Crippen MR) is 124 cm³/mol. The first-order valence-electron chi connectivity index (χ1n) is 10.2. The van der Waals surface area contributed by atoms with Crippen LogP contribution in [0.15, 0.2) is 71.5 Å². The maximum Gasteiger partial charge on any atom is 0.265 e. The van der Waals surface area contributed by atoms with E-state index in [-0.39, 0.29) is 11.5 Å². The van der Waals surface area contributed by atoms with Crippen LogP contribution in [-0.2, 0) is 0 Å². The molecule has 0 aliphatic carbocycles. The Kier molecular flexibility index (Phi) is 5.89. The molecule has 162 valence electrons. The molecule has 32 heavy (non-hydrogen) atoms. The SMILES string of the molecule is CCOc1ccccc1C(=O)Nc1ccc(-n2c(C)nc3ccccc3c2=O)cc1OC. The van der Waals surface area contributed by atoms with E-state index in [1.165, 1.54) is 11.7 Å². The second-order valence-electron chi connectivity index (χ2n) is 7.08. The number of para-hydroxylation sites is 2. The van der Waals surface area contributed by atoms with Crippen molar-refractivity contribution in [2.24, 2.45) is 0 Å². The minimum atomic E-state index is -0.319. The smallest absolute Gasteiger partial charge is 0.265 e. The molecule has 0 saturated carbocycles. The summed E-state index contributed by atoms with van der Waals surface area (Å²) in [6.07, 6.45) is 0. The average Bonchev–Trinajstić information content (AvgIpc) is 2.80. The summed E-state index contributed by atoms with van der Waals surface area (Å²) in [7, 11) is 1.51. The lowest BCUT2D eigenvalue weighted by Gasteiger charge is -2.16. The molecular formula is C25H23N3O4. The highest BCUT2D eigenvalue weighted by Gasteiger charge is 2.16. The van der Waals surface area contributed by atoms with Gasteiger partial charge in [-0.2, -0.15) is 0 Å². The van der Waals surface area contributed by atoms with Crippen molar-refractivity contribution in [1.82, 2.24) is 9.55 Å². The van der Waals surface area contributed by atoms with Gasteiger partial charge in [0, 0.05) is 6.07 Å². The summed E-state index contributed by atoms with van der Waals surface area (Å²) >= 11 is 0. The third-order valence-corrected chi connectivity index (χ3v) is 5.07. The van der Waals surface area contributed by atoms with Gasteiger partial charge in [0.2, 0.25) is 0 Å². The van der Waals surface area contributed by atoms with Crippen LogP contribution in [0.1, 0.15) is 23.1 Å². The summed E-state index contributed by atoms with van der Waals surface area (Å²) in [5, 5.41) is 3.40. The average molecular weight is 429 g/mol. The molecule has 1 aromatic heterocycles. The van der Waals surface area contributed by atoms with Crippen LogP contribution in [0.2, 0.25) is 0 Å². The number of fused-ring (bicyclic) bond motifs is 1. The van der Waals surface area contributed by atoms with Crippen molar-refractivity contribution in [3.63, 3.8) is 0 Å².